The largest absolute Gasteiger partial charge is 1.00 e. The van der Waals surface area contributed by atoms with E-state index in [-0.39, 0.29) is 94.8 Å². The third kappa shape index (κ3) is 11.5. The molecule has 0 bridgehead atoms. The fourth-order valence-corrected chi connectivity index (χ4v) is 4.25. The Morgan fingerprint density at radius 1 is 0.971 bits per heavy atom. The summed E-state index contributed by atoms with van der Waals surface area (Å²) in [5.41, 5.74) is 0.922. The maximum atomic E-state index is 12.4. The molecule has 10 nitrogen and oxygen atoms in total. The van der Waals surface area contributed by atoms with Crippen molar-refractivity contribution in [2.24, 2.45) is 0 Å². The maximum absolute atomic E-state index is 12.4. The number of rotatable bonds is 12. The van der Waals surface area contributed by atoms with E-state index in [1.54, 1.807) is 18.2 Å². The van der Waals surface area contributed by atoms with E-state index in [0.717, 1.165) is 0 Å². The van der Waals surface area contributed by atoms with Crippen molar-refractivity contribution in [3.05, 3.63) is 47.5 Å². The number of hydrogen-bond donors (Lipinski definition) is 1. The van der Waals surface area contributed by atoms with Gasteiger partial charge in [0.15, 0.2) is 11.5 Å². The molecule has 0 saturated carbocycles. The SMILES string of the molecule is COc1cc(CCCS(=O)(=O)[O-])ccc1O[C@H](Cc1cccc(OC)c1[O-])CS(=O)(=O)O.[Na+].[Na+]. The van der Waals surface area contributed by atoms with Crippen molar-refractivity contribution in [3.63, 3.8) is 0 Å². The molecule has 0 unspecified atom stereocenters. The predicted octanol–water partition coefficient (Wildman–Crippen LogP) is -4.86. The fraction of sp³-hybridized carbons (Fsp3) is 0.400. The van der Waals surface area contributed by atoms with Crippen LogP contribution in [0.4, 0.5) is 0 Å². The smallest absolute Gasteiger partial charge is 0.870 e. The minimum atomic E-state index is -4.43. The van der Waals surface area contributed by atoms with Gasteiger partial charge >= 0.3 is 59.1 Å². The quantitative estimate of drug-likeness (QED) is 0.206. The van der Waals surface area contributed by atoms with E-state index in [1.165, 1.54) is 32.4 Å². The van der Waals surface area contributed by atoms with Crippen LogP contribution in [0.3, 0.4) is 0 Å². The standard InChI is InChI=1S/C20H26O10S2.2Na/c1-28-18-7-3-6-15(20(18)21)12-16(13-32(25,26)27)30-17-9-8-14(11-19(17)29-2)5-4-10-31(22,23)24;;/h3,6-9,11,16,21H,4-5,10,12-13H2,1-2H3,(H,22,23,24)(H,25,26,27);;/q;2*+1/p-2/t16-;;/m1../s1. The van der Waals surface area contributed by atoms with Crippen LogP contribution in [0.15, 0.2) is 36.4 Å². The van der Waals surface area contributed by atoms with Crippen LogP contribution in [-0.2, 0) is 33.1 Å². The topological polar surface area (TPSA) is 162 Å². The summed E-state index contributed by atoms with van der Waals surface area (Å²) in [7, 11) is -6.04. The van der Waals surface area contributed by atoms with Gasteiger partial charge in [-0.2, -0.15) is 8.42 Å². The summed E-state index contributed by atoms with van der Waals surface area (Å²) in [6, 6.07) is 9.25. The molecule has 1 atom stereocenters. The van der Waals surface area contributed by atoms with E-state index in [4.69, 9.17) is 14.2 Å². The Labute approximate surface area is 244 Å². The summed E-state index contributed by atoms with van der Waals surface area (Å²) in [5, 5.41) is 12.4. The Morgan fingerprint density at radius 3 is 2.18 bits per heavy atom. The molecular formula is C20H24Na2O10S2. The van der Waals surface area contributed by atoms with E-state index < -0.39 is 43.6 Å². The number of ether oxygens (including phenoxy) is 3. The van der Waals surface area contributed by atoms with Crippen molar-refractivity contribution >= 4 is 20.2 Å². The molecule has 14 heteroatoms. The Kier molecular flexibility index (Phi) is 14.6. The molecule has 1 N–H and O–H groups in total. The summed E-state index contributed by atoms with van der Waals surface area (Å²) in [6.45, 7) is 0. The zero-order valence-electron chi connectivity index (χ0n) is 19.5. The van der Waals surface area contributed by atoms with Gasteiger partial charge in [-0.1, -0.05) is 23.9 Å². The van der Waals surface area contributed by atoms with Crippen LogP contribution in [0.5, 0.6) is 23.0 Å². The molecule has 0 aliphatic heterocycles. The average Bonchev–Trinajstić information content (AvgIpc) is 2.68. The maximum Gasteiger partial charge on any atom is 1.00 e. The summed E-state index contributed by atoms with van der Waals surface area (Å²) in [4.78, 5) is 0. The van der Waals surface area contributed by atoms with Crippen LogP contribution in [0, 0.1) is 0 Å². The van der Waals surface area contributed by atoms with Crippen molar-refractivity contribution in [1.29, 1.82) is 0 Å². The van der Waals surface area contributed by atoms with Crippen LogP contribution in [0.25, 0.3) is 0 Å². The van der Waals surface area contributed by atoms with E-state index in [0.29, 0.717) is 12.0 Å². The van der Waals surface area contributed by atoms with E-state index in [9.17, 15) is 31.0 Å². The summed E-state index contributed by atoms with van der Waals surface area (Å²) >= 11 is 0. The molecule has 34 heavy (non-hydrogen) atoms. The second kappa shape index (κ2) is 14.9. The third-order valence-corrected chi connectivity index (χ3v) is 6.09. The Morgan fingerprint density at radius 2 is 1.62 bits per heavy atom. The summed E-state index contributed by atoms with van der Waals surface area (Å²) in [6.07, 6.45) is -0.809. The molecule has 0 spiro atoms. The van der Waals surface area contributed by atoms with Crippen molar-refractivity contribution in [2.75, 3.05) is 25.7 Å². The van der Waals surface area contributed by atoms with Crippen LogP contribution in [-0.4, -0.2) is 57.8 Å². The molecule has 0 aliphatic carbocycles. The van der Waals surface area contributed by atoms with Crippen molar-refractivity contribution < 1.29 is 104 Å². The molecule has 2 aromatic carbocycles. The second-order valence-corrected chi connectivity index (χ2v) is 10.0. The van der Waals surface area contributed by atoms with Crippen LogP contribution in [0.1, 0.15) is 17.5 Å². The molecule has 178 valence electrons. The fourth-order valence-electron chi connectivity index (χ4n) is 3.10. The zero-order valence-corrected chi connectivity index (χ0v) is 25.1. The molecule has 0 radical (unpaired) electrons. The number of hydrogen-bond acceptors (Lipinski definition) is 9. The first-order valence-electron chi connectivity index (χ1n) is 9.47. The van der Waals surface area contributed by atoms with Gasteiger partial charge in [0.25, 0.3) is 10.1 Å². The minimum Gasteiger partial charge on any atom is -0.870 e. The van der Waals surface area contributed by atoms with Gasteiger partial charge in [-0.05, 0) is 42.2 Å². The van der Waals surface area contributed by atoms with Gasteiger partial charge in [0, 0.05) is 12.2 Å². The van der Waals surface area contributed by atoms with Crippen molar-refractivity contribution in [2.45, 2.75) is 25.4 Å². The van der Waals surface area contributed by atoms with Gasteiger partial charge in [-0.15, -0.1) is 0 Å². The first kappa shape index (κ1) is 33.5. The molecule has 0 heterocycles. The number of methoxy groups -OCH3 is 2. The van der Waals surface area contributed by atoms with E-state index in [1.807, 2.05) is 0 Å². The van der Waals surface area contributed by atoms with E-state index >= 15 is 0 Å². The van der Waals surface area contributed by atoms with Gasteiger partial charge < -0.3 is 23.9 Å². The van der Waals surface area contributed by atoms with Gasteiger partial charge in [-0.25, -0.2) is 8.42 Å². The molecule has 0 amide bonds. The zero-order chi connectivity index (χ0) is 23.9. The molecule has 2 aromatic rings. The third-order valence-electron chi connectivity index (χ3n) is 4.51. The van der Waals surface area contributed by atoms with Gasteiger partial charge in [0.1, 0.15) is 17.6 Å². The Balaban J connectivity index is 0.00000544. The van der Waals surface area contributed by atoms with Crippen molar-refractivity contribution in [1.82, 2.24) is 0 Å². The first-order valence-corrected chi connectivity index (χ1v) is 12.7. The number of benzene rings is 2. The van der Waals surface area contributed by atoms with Gasteiger partial charge in [0.2, 0.25) is 0 Å². The molecule has 0 saturated heterocycles. The molecule has 0 fully saturated rings. The predicted molar refractivity (Wildman–Crippen MR) is 113 cm³/mol. The van der Waals surface area contributed by atoms with E-state index in [2.05, 4.69) is 0 Å². The average molecular weight is 535 g/mol. The van der Waals surface area contributed by atoms with Crippen LogP contribution in [0.2, 0.25) is 0 Å². The summed E-state index contributed by atoms with van der Waals surface area (Å²) in [5.74, 6) is -1.19. The normalized spacial score (nSPS) is 12.1. The van der Waals surface area contributed by atoms with Gasteiger partial charge in [0.05, 0.1) is 24.3 Å². The van der Waals surface area contributed by atoms with Crippen LogP contribution >= 0.6 is 0 Å². The van der Waals surface area contributed by atoms with Gasteiger partial charge in [-0.3, -0.25) is 4.55 Å². The monoisotopic (exact) mass is 534 g/mol. The molecular weight excluding hydrogens is 510 g/mol. The van der Waals surface area contributed by atoms with Crippen LogP contribution < -0.4 is 78.4 Å². The molecule has 2 rings (SSSR count). The Bertz CT molecular complexity index is 1140. The second-order valence-electron chi connectivity index (χ2n) is 6.99. The molecule has 0 aliphatic rings. The first-order chi connectivity index (χ1) is 14.9. The Hall–Kier alpha value is -0.540. The summed E-state index contributed by atoms with van der Waals surface area (Å²) < 4.78 is 80.6. The van der Waals surface area contributed by atoms with Crippen molar-refractivity contribution in [3.8, 4) is 23.0 Å². The number of para-hydroxylation sites is 1. The number of aryl methyl sites for hydroxylation is 1. The molecule has 0 aromatic heterocycles. The minimum absolute atomic E-state index is 0.